The molecule has 150 valence electrons. The highest BCUT2D eigenvalue weighted by molar-refractivity contribution is 8.15. The van der Waals surface area contributed by atoms with E-state index in [-0.39, 0.29) is 0 Å². The molecular weight excluding hydrogens is 419 g/mol. The summed E-state index contributed by atoms with van der Waals surface area (Å²) in [7, 11) is -3.90. The maximum atomic E-state index is 13.0. The summed E-state index contributed by atoms with van der Waals surface area (Å²) in [6.07, 6.45) is -4.92. The zero-order valence-corrected chi connectivity index (χ0v) is 16.2. The fourth-order valence-electron chi connectivity index (χ4n) is 1.94. The van der Waals surface area contributed by atoms with Crippen molar-refractivity contribution < 1.29 is 35.4 Å². The Morgan fingerprint density at radius 1 is 1.07 bits per heavy atom. The number of halogens is 3. The number of esters is 1. The van der Waals surface area contributed by atoms with Crippen LogP contribution in [-0.2, 0) is 30.1 Å². The number of methoxy groups -OCH3 is 1. The van der Waals surface area contributed by atoms with Gasteiger partial charge in [0.2, 0.25) is 5.04 Å². The van der Waals surface area contributed by atoms with E-state index in [9.17, 15) is 26.4 Å². The van der Waals surface area contributed by atoms with Crippen LogP contribution in [0.1, 0.15) is 11.1 Å². The van der Waals surface area contributed by atoms with Crippen LogP contribution in [0.3, 0.4) is 0 Å². The highest BCUT2D eigenvalue weighted by Crippen LogP contribution is 2.34. The molecule has 6 nitrogen and oxygen atoms in total. The lowest BCUT2D eigenvalue weighted by Crippen LogP contribution is -2.16. The monoisotopic (exact) mass is 433 g/mol. The van der Waals surface area contributed by atoms with Gasteiger partial charge >= 0.3 is 22.3 Å². The molecule has 2 aromatic carbocycles. The summed E-state index contributed by atoms with van der Waals surface area (Å²) < 4.78 is 72.5. The summed E-state index contributed by atoms with van der Waals surface area (Å²) in [5, 5.41) is 2.73. The maximum Gasteiger partial charge on any atom is 0.417 e. The number of carbonyl (C=O) groups is 1. The topological polar surface area (TPSA) is 82.0 Å². The summed E-state index contributed by atoms with van der Waals surface area (Å²) in [6.45, 7) is 1.84. The summed E-state index contributed by atoms with van der Waals surface area (Å²) >= 11 is 0.740. The molecule has 0 saturated carbocycles. The number of hydrogen-bond donors (Lipinski definition) is 0. The van der Waals surface area contributed by atoms with Crippen LogP contribution in [0.25, 0.3) is 0 Å². The molecule has 11 heteroatoms. The lowest BCUT2D eigenvalue weighted by Gasteiger charge is -2.11. The molecule has 0 fully saturated rings. The Hall–Kier alpha value is -2.53. The minimum absolute atomic E-state index is 0.501. The van der Waals surface area contributed by atoms with Crippen LogP contribution in [0, 0.1) is 6.92 Å². The smallest absolute Gasteiger partial charge is 0.417 e. The van der Waals surface area contributed by atoms with Gasteiger partial charge in [0.25, 0.3) is 0 Å². The number of aryl methyl sites for hydroxylation is 1. The molecule has 0 aliphatic heterocycles. The first-order valence-corrected chi connectivity index (χ1v) is 9.78. The molecule has 0 heterocycles. The third-order valence-electron chi connectivity index (χ3n) is 3.28. The van der Waals surface area contributed by atoms with E-state index in [0.717, 1.165) is 42.6 Å². The summed E-state index contributed by atoms with van der Waals surface area (Å²) in [5.41, 5.74) is -0.459. The summed E-state index contributed by atoms with van der Waals surface area (Å²) in [5.74, 6) is -1.01. The lowest BCUT2D eigenvalue weighted by molar-refractivity contribution is -0.140. The van der Waals surface area contributed by atoms with Gasteiger partial charge in [0.15, 0.2) is 0 Å². The van der Waals surface area contributed by atoms with Crippen LogP contribution >= 0.6 is 11.8 Å². The third-order valence-corrected chi connectivity index (χ3v) is 5.38. The maximum absolute atomic E-state index is 13.0. The van der Waals surface area contributed by atoms with Gasteiger partial charge < -0.3 is 4.74 Å². The van der Waals surface area contributed by atoms with E-state index < -0.39 is 37.8 Å². The molecule has 0 amide bonds. The largest absolute Gasteiger partial charge is 0.464 e. The fourth-order valence-corrected chi connectivity index (χ4v) is 3.68. The van der Waals surface area contributed by atoms with E-state index in [0.29, 0.717) is 11.0 Å². The van der Waals surface area contributed by atoms with Gasteiger partial charge in [-0.25, -0.2) is 4.79 Å². The molecule has 0 aliphatic rings. The number of thioether (sulfide) groups is 1. The van der Waals surface area contributed by atoms with Crippen molar-refractivity contribution in [2.24, 2.45) is 5.16 Å². The summed E-state index contributed by atoms with van der Waals surface area (Å²) in [4.78, 5) is 11.2. The average molecular weight is 433 g/mol. The Morgan fingerprint density at radius 2 is 1.68 bits per heavy atom. The van der Waals surface area contributed by atoms with Crippen LogP contribution in [0.5, 0.6) is 0 Å². The highest BCUT2D eigenvalue weighted by atomic mass is 32.2. The molecule has 28 heavy (non-hydrogen) atoms. The Bertz CT molecular complexity index is 987. The van der Waals surface area contributed by atoms with Gasteiger partial charge in [0, 0.05) is 4.90 Å². The van der Waals surface area contributed by atoms with Crippen molar-refractivity contribution in [3.8, 4) is 0 Å². The number of hydrogen-bond acceptors (Lipinski definition) is 7. The summed E-state index contributed by atoms with van der Waals surface area (Å²) in [6, 6.07) is 10.3. The second-order valence-corrected chi connectivity index (χ2v) is 7.89. The number of oxime groups is 1. The Labute approximate surface area is 163 Å². The third kappa shape index (κ3) is 5.49. The molecule has 2 rings (SSSR count). The minimum Gasteiger partial charge on any atom is -0.464 e. The molecule has 0 bridgehead atoms. The van der Waals surface area contributed by atoms with Gasteiger partial charge in [-0.15, -0.1) is 0 Å². The molecule has 0 spiro atoms. The first-order valence-electron chi connectivity index (χ1n) is 7.55. The average Bonchev–Trinajstić information content (AvgIpc) is 2.65. The number of benzene rings is 2. The number of nitrogens with zero attached hydrogens (tertiary/aromatic N) is 1. The van der Waals surface area contributed by atoms with E-state index in [1.165, 1.54) is 0 Å². The van der Waals surface area contributed by atoms with E-state index >= 15 is 0 Å². The van der Waals surface area contributed by atoms with Gasteiger partial charge in [-0.05, 0) is 31.2 Å². The fraction of sp³-hybridized carbons (Fsp3) is 0.176. The van der Waals surface area contributed by atoms with Crippen molar-refractivity contribution >= 4 is 32.9 Å². The number of carbonyl (C=O) groups excluding carboxylic acids is 1. The quantitative estimate of drug-likeness (QED) is 0.238. The van der Waals surface area contributed by atoms with Gasteiger partial charge in [0.1, 0.15) is 4.90 Å². The van der Waals surface area contributed by atoms with Crippen molar-refractivity contribution in [1.82, 2.24) is 0 Å². The Morgan fingerprint density at radius 3 is 2.25 bits per heavy atom. The molecule has 0 radical (unpaired) electrons. The number of ether oxygens (including phenoxy) is 1. The zero-order chi connectivity index (χ0) is 20.9. The SMILES string of the molecule is COC(=O)/C(=N/OS(=O)(=O)c1ccccc1C(F)(F)F)Sc1ccc(C)cc1. The Balaban J connectivity index is 2.35. The van der Waals surface area contributed by atoms with Crippen LogP contribution in [0.4, 0.5) is 13.2 Å². The molecule has 0 aliphatic carbocycles. The van der Waals surface area contributed by atoms with E-state index in [1.807, 2.05) is 6.92 Å². The van der Waals surface area contributed by atoms with Crippen molar-refractivity contribution in [1.29, 1.82) is 0 Å². The van der Waals surface area contributed by atoms with Gasteiger partial charge in [-0.1, -0.05) is 46.7 Å². The normalized spacial score (nSPS) is 12.5. The molecular formula is C17H14F3NO5S2. The first kappa shape index (κ1) is 21.8. The van der Waals surface area contributed by atoms with Crippen LogP contribution in [0.2, 0.25) is 0 Å². The first-order chi connectivity index (χ1) is 13.0. The number of rotatable bonds is 4. The minimum atomic E-state index is -4.94. The van der Waals surface area contributed by atoms with Crippen molar-refractivity contribution in [2.45, 2.75) is 22.9 Å². The van der Waals surface area contributed by atoms with Crippen molar-refractivity contribution in [3.05, 3.63) is 59.7 Å². The number of alkyl halides is 3. The van der Waals surface area contributed by atoms with Gasteiger partial charge in [-0.3, -0.25) is 4.28 Å². The van der Waals surface area contributed by atoms with Gasteiger partial charge in [0.05, 0.1) is 12.7 Å². The molecule has 0 aromatic heterocycles. The molecule has 0 atom stereocenters. The van der Waals surface area contributed by atoms with Crippen LogP contribution in [0.15, 0.2) is 63.5 Å². The van der Waals surface area contributed by atoms with E-state index in [2.05, 4.69) is 14.2 Å². The standard InChI is InChI=1S/C17H14F3NO5S2/c1-11-7-9-12(10-8-11)27-15(16(22)25-2)21-26-28(23,24)14-6-4-3-5-13(14)17(18,19)20/h3-10H,1-2H3/b21-15-. The van der Waals surface area contributed by atoms with Crippen LogP contribution in [-0.4, -0.2) is 26.5 Å². The molecule has 0 saturated heterocycles. The van der Waals surface area contributed by atoms with Crippen molar-refractivity contribution in [3.63, 3.8) is 0 Å². The Kier molecular flexibility index (Phi) is 6.73. The van der Waals surface area contributed by atoms with E-state index in [1.54, 1.807) is 24.3 Å². The zero-order valence-electron chi connectivity index (χ0n) is 14.6. The van der Waals surface area contributed by atoms with Gasteiger partial charge in [-0.2, -0.15) is 21.6 Å². The second-order valence-electron chi connectivity index (χ2n) is 5.33. The molecule has 0 N–H and O–H groups in total. The molecule has 2 aromatic rings. The predicted octanol–water partition coefficient (Wildman–Crippen LogP) is 4.00. The highest BCUT2D eigenvalue weighted by Gasteiger charge is 2.38. The second kappa shape index (κ2) is 8.65. The lowest BCUT2D eigenvalue weighted by atomic mass is 10.2. The van der Waals surface area contributed by atoms with Crippen LogP contribution < -0.4 is 0 Å². The molecule has 0 unspecified atom stereocenters. The predicted molar refractivity (Wildman–Crippen MR) is 96.2 cm³/mol. The van der Waals surface area contributed by atoms with Crippen molar-refractivity contribution in [2.75, 3.05) is 7.11 Å². The van der Waals surface area contributed by atoms with E-state index in [4.69, 9.17) is 0 Å².